The van der Waals surface area contributed by atoms with Crippen molar-refractivity contribution >= 4 is 39.4 Å². The number of fused-ring (bicyclic) bond motifs is 1. The number of nitrogens with one attached hydrogen (secondary N) is 4. The summed E-state index contributed by atoms with van der Waals surface area (Å²) in [6, 6.07) is -3.37. The number of carbonyl (C=O) groups is 5. The molecule has 5 atom stereocenters. The Bertz CT molecular complexity index is 1520. The number of amides is 5. The third kappa shape index (κ3) is 8.23. The van der Waals surface area contributed by atoms with E-state index in [4.69, 9.17) is 0 Å². The molecule has 5 aliphatic rings. The van der Waals surface area contributed by atoms with Crippen molar-refractivity contribution in [3.8, 4) is 0 Å². The summed E-state index contributed by atoms with van der Waals surface area (Å²) in [5.74, 6) is -2.25. The van der Waals surface area contributed by atoms with Gasteiger partial charge in [0.25, 0.3) is 5.91 Å². The molecule has 12 nitrogen and oxygen atoms in total. The van der Waals surface area contributed by atoms with Crippen molar-refractivity contribution in [1.82, 2.24) is 26.2 Å². The number of rotatable bonds is 16. The summed E-state index contributed by atoms with van der Waals surface area (Å²) >= 11 is 0. The molecule has 52 heavy (non-hydrogen) atoms. The van der Waals surface area contributed by atoms with Crippen LogP contribution in [0.3, 0.4) is 0 Å². The van der Waals surface area contributed by atoms with Crippen LogP contribution >= 0.6 is 0 Å². The SMILES string of the molecule is C=CCNC(=O)C(=O)C(CC1CC1)NC(=O)[C@@H]1[C@@H]2[C@H](CN1C(=O)[C@@H](NC(=O)NC1(CS(=O)(=O)C(C)(C)CC)CCCCC1)C1(C)CCCC1)C2(C)C. The minimum atomic E-state index is -3.57. The van der Waals surface area contributed by atoms with Gasteiger partial charge in [0.05, 0.1) is 22.1 Å². The Morgan fingerprint density at radius 2 is 1.56 bits per heavy atom. The highest BCUT2D eigenvalue weighted by atomic mass is 32.2. The number of hydrogen-bond acceptors (Lipinski definition) is 7. The monoisotopic (exact) mass is 745 g/mol. The molecule has 0 bridgehead atoms. The number of ketones is 1. The number of piperidine rings is 1. The van der Waals surface area contributed by atoms with Gasteiger partial charge in [-0.2, -0.15) is 0 Å². The van der Waals surface area contributed by atoms with E-state index in [9.17, 15) is 32.4 Å². The lowest BCUT2D eigenvalue weighted by Gasteiger charge is -2.42. The van der Waals surface area contributed by atoms with E-state index in [1.54, 1.807) is 18.7 Å². The van der Waals surface area contributed by atoms with Gasteiger partial charge in [-0.05, 0) is 81.0 Å². The van der Waals surface area contributed by atoms with Gasteiger partial charge in [-0.25, -0.2) is 13.2 Å². The van der Waals surface area contributed by atoms with Gasteiger partial charge in [-0.3, -0.25) is 19.2 Å². The van der Waals surface area contributed by atoms with Crippen LogP contribution in [0.4, 0.5) is 4.79 Å². The fraction of sp³-hybridized carbons (Fsp3) is 0.821. The third-order valence-corrected chi connectivity index (χ3v) is 16.5. The second kappa shape index (κ2) is 15.1. The van der Waals surface area contributed by atoms with Crippen molar-refractivity contribution in [2.24, 2.45) is 28.6 Å². The Morgan fingerprint density at radius 1 is 0.942 bits per heavy atom. The van der Waals surface area contributed by atoms with Gasteiger partial charge in [0.2, 0.25) is 17.6 Å². The van der Waals surface area contributed by atoms with Crippen LogP contribution in [0, 0.1) is 28.6 Å². The Morgan fingerprint density at radius 3 is 2.13 bits per heavy atom. The molecule has 0 aromatic rings. The number of carbonyl (C=O) groups excluding carboxylic acids is 5. The molecule has 1 heterocycles. The molecule has 0 aromatic heterocycles. The van der Waals surface area contributed by atoms with E-state index >= 15 is 0 Å². The van der Waals surface area contributed by atoms with Crippen LogP contribution in [-0.4, -0.2) is 90.1 Å². The second-order valence-corrected chi connectivity index (χ2v) is 20.7. The van der Waals surface area contributed by atoms with Crippen LogP contribution in [0.15, 0.2) is 12.7 Å². The van der Waals surface area contributed by atoms with Crippen LogP contribution in [0.1, 0.15) is 125 Å². The third-order valence-electron chi connectivity index (χ3n) is 13.6. The summed E-state index contributed by atoms with van der Waals surface area (Å²) < 4.78 is 26.3. The highest BCUT2D eigenvalue weighted by Gasteiger charge is 2.70. The molecule has 5 rings (SSSR count). The fourth-order valence-corrected chi connectivity index (χ4v) is 11.2. The number of nitrogens with zero attached hydrogens (tertiary/aromatic N) is 1. The molecule has 5 amide bonds. The highest BCUT2D eigenvalue weighted by molar-refractivity contribution is 7.92. The molecule has 0 aromatic carbocycles. The van der Waals surface area contributed by atoms with Crippen molar-refractivity contribution in [2.45, 2.75) is 153 Å². The van der Waals surface area contributed by atoms with Crippen LogP contribution in [0.2, 0.25) is 0 Å². The van der Waals surface area contributed by atoms with Crippen LogP contribution in [0.25, 0.3) is 0 Å². The molecule has 4 saturated carbocycles. The van der Waals surface area contributed by atoms with Crippen molar-refractivity contribution < 1.29 is 32.4 Å². The summed E-state index contributed by atoms with van der Waals surface area (Å²) in [6.45, 7) is 15.5. The van der Waals surface area contributed by atoms with Gasteiger partial charge >= 0.3 is 6.03 Å². The largest absolute Gasteiger partial charge is 0.346 e. The van der Waals surface area contributed by atoms with Gasteiger partial charge < -0.3 is 26.2 Å². The Labute approximate surface area is 310 Å². The lowest BCUT2D eigenvalue weighted by atomic mass is 9.79. The maximum atomic E-state index is 14.8. The first-order valence-corrected chi connectivity index (χ1v) is 21.3. The zero-order chi connectivity index (χ0) is 38.3. The normalized spacial score (nSPS) is 27.0. The Hall–Kier alpha value is -2.96. The lowest BCUT2D eigenvalue weighted by Crippen LogP contribution is -2.64. The Kier molecular flexibility index (Phi) is 11.6. The molecule has 4 aliphatic carbocycles. The van der Waals surface area contributed by atoms with E-state index < -0.39 is 67.3 Å². The fourth-order valence-electron chi connectivity index (χ4n) is 9.29. The van der Waals surface area contributed by atoms with E-state index in [0.717, 1.165) is 44.9 Å². The van der Waals surface area contributed by atoms with E-state index in [2.05, 4.69) is 41.7 Å². The first-order valence-electron chi connectivity index (χ1n) is 19.7. The molecule has 13 heteroatoms. The molecule has 5 fully saturated rings. The van der Waals surface area contributed by atoms with Crippen LogP contribution in [0.5, 0.6) is 0 Å². The Balaban J connectivity index is 1.38. The summed E-state index contributed by atoms with van der Waals surface area (Å²) in [5, 5.41) is 11.6. The van der Waals surface area contributed by atoms with Crippen molar-refractivity contribution in [3.63, 3.8) is 0 Å². The van der Waals surface area contributed by atoms with Gasteiger partial charge in [0.15, 0.2) is 9.84 Å². The molecular formula is C39H63N5O7S. The quantitative estimate of drug-likeness (QED) is 0.136. The summed E-state index contributed by atoms with van der Waals surface area (Å²) in [7, 11) is -3.57. The number of hydrogen-bond donors (Lipinski definition) is 4. The van der Waals surface area contributed by atoms with Crippen LogP contribution < -0.4 is 21.3 Å². The molecule has 292 valence electrons. The standard InChI is InChI=1S/C39H63N5O7S/c1-8-21-40-33(47)30(45)27(22-25-15-16-25)41-32(46)29-28-26(37(28,5)6)23-44(29)34(48)31(38(7)17-13-14-18-38)42-35(49)43-39(19-11-10-12-20-39)24-52(50,51)36(3,4)9-2/h8,25-29,31H,1,9-24H2,2-7H3,(H,40,47)(H,41,46)(H2,42,43,49)/t26-,27?,28-,29-,31+/m0/s1. The van der Waals surface area contributed by atoms with Crippen molar-refractivity contribution in [2.75, 3.05) is 18.8 Å². The zero-order valence-corrected chi connectivity index (χ0v) is 33.1. The first kappa shape index (κ1) is 40.2. The summed E-state index contributed by atoms with van der Waals surface area (Å²) in [4.78, 5) is 70.7. The van der Waals surface area contributed by atoms with E-state index in [0.29, 0.717) is 45.1 Å². The molecule has 4 N–H and O–H groups in total. The van der Waals surface area contributed by atoms with E-state index in [-0.39, 0.29) is 41.4 Å². The van der Waals surface area contributed by atoms with Gasteiger partial charge in [-0.15, -0.1) is 6.58 Å². The predicted octanol–water partition coefficient (Wildman–Crippen LogP) is 4.18. The minimum Gasteiger partial charge on any atom is -0.346 e. The van der Waals surface area contributed by atoms with Crippen molar-refractivity contribution in [3.05, 3.63) is 12.7 Å². The zero-order valence-electron chi connectivity index (χ0n) is 32.3. The number of Topliss-reactive ketones (excluding diaryl/α,β-unsaturated/α-hetero) is 1. The molecule has 1 aliphatic heterocycles. The van der Waals surface area contributed by atoms with Gasteiger partial charge in [-0.1, -0.05) is 78.7 Å². The number of likely N-dealkylation sites (tertiary alicyclic amines) is 1. The minimum absolute atomic E-state index is 0.0733. The summed E-state index contributed by atoms with van der Waals surface area (Å²) in [6.07, 6.45) is 11.0. The molecule has 1 unspecified atom stereocenters. The topological polar surface area (TPSA) is 171 Å². The second-order valence-electron chi connectivity index (χ2n) is 18.1. The van der Waals surface area contributed by atoms with Gasteiger partial charge in [0, 0.05) is 13.1 Å². The number of sulfone groups is 1. The maximum Gasteiger partial charge on any atom is 0.315 e. The predicted molar refractivity (Wildman–Crippen MR) is 200 cm³/mol. The number of urea groups is 1. The first-order chi connectivity index (χ1) is 24.3. The average Bonchev–Trinajstić information content (AvgIpc) is 3.84. The van der Waals surface area contributed by atoms with Crippen LogP contribution in [-0.2, 0) is 29.0 Å². The average molecular weight is 746 g/mol. The van der Waals surface area contributed by atoms with Crippen molar-refractivity contribution in [1.29, 1.82) is 0 Å². The van der Waals surface area contributed by atoms with E-state index in [1.807, 2.05) is 13.8 Å². The molecule has 0 spiro atoms. The molecular weight excluding hydrogens is 683 g/mol. The highest BCUT2D eigenvalue weighted by Crippen LogP contribution is 2.65. The maximum absolute atomic E-state index is 14.8. The van der Waals surface area contributed by atoms with Gasteiger partial charge in [0.1, 0.15) is 12.1 Å². The molecule has 1 saturated heterocycles. The van der Waals surface area contributed by atoms with E-state index in [1.165, 1.54) is 6.08 Å². The molecule has 0 radical (unpaired) electrons. The summed E-state index contributed by atoms with van der Waals surface area (Å²) in [5.41, 5.74) is -1.71. The smallest absolute Gasteiger partial charge is 0.315 e. The lowest BCUT2D eigenvalue weighted by molar-refractivity contribution is -0.145.